The van der Waals surface area contributed by atoms with Crippen molar-refractivity contribution in [2.75, 3.05) is 5.75 Å². The number of non-ortho nitro benzene ring substituents is 1. The summed E-state index contributed by atoms with van der Waals surface area (Å²) in [7, 11) is 0. The van der Waals surface area contributed by atoms with Gasteiger partial charge in [-0.05, 0) is 60.1 Å². The highest BCUT2D eigenvalue weighted by molar-refractivity contribution is 7.99. The maximum atomic E-state index is 12.5. The fourth-order valence-corrected chi connectivity index (χ4v) is 4.78. The average Bonchev–Trinajstić information content (AvgIpc) is 2.76. The second-order valence-electron chi connectivity index (χ2n) is 9.39. The van der Waals surface area contributed by atoms with Crippen LogP contribution in [0.15, 0.2) is 65.8 Å². The highest BCUT2D eigenvalue weighted by Crippen LogP contribution is 2.32. The Hall–Kier alpha value is -2.51. The third-order valence-corrected chi connectivity index (χ3v) is 6.99. The SMILES string of the molecule is Cc1cc(C(C)(C)C)cc(C)c1SCCc1cc[n+](CC(=O)c2ccc([N+](=O)[O-])cc2)cc1.[Br-]. The van der Waals surface area contributed by atoms with Gasteiger partial charge in [0.15, 0.2) is 12.4 Å². The summed E-state index contributed by atoms with van der Waals surface area (Å²) in [4.78, 5) is 24.1. The van der Waals surface area contributed by atoms with Crippen LogP contribution in [-0.2, 0) is 18.4 Å². The molecule has 180 valence electrons. The van der Waals surface area contributed by atoms with E-state index in [-0.39, 0.29) is 40.4 Å². The van der Waals surface area contributed by atoms with Gasteiger partial charge in [-0.15, -0.1) is 11.8 Å². The summed E-state index contributed by atoms with van der Waals surface area (Å²) < 4.78 is 1.83. The fraction of sp³-hybridized carbons (Fsp3) is 0.333. The number of benzene rings is 2. The molecule has 0 fully saturated rings. The molecule has 0 aliphatic carbocycles. The molecule has 1 heterocycles. The molecule has 0 atom stereocenters. The zero-order chi connectivity index (χ0) is 24.2. The first kappa shape index (κ1) is 27.7. The van der Waals surface area contributed by atoms with Crippen LogP contribution in [0.25, 0.3) is 0 Å². The first-order chi connectivity index (χ1) is 15.5. The van der Waals surface area contributed by atoms with Crippen molar-refractivity contribution in [1.82, 2.24) is 0 Å². The molecule has 3 aromatic rings. The van der Waals surface area contributed by atoms with Crippen LogP contribution in [-0.4, -0.2) is 16.5 Å². The summed E-state index contributed by atoms with van der Waals surface area (Å²) in [6, 6.07) is 14.4. The Balaban J connectivity index is 0.00000408. The lowest BCUT2D eigenvalue weighted by Gasteiger charge is -2.22. The molecule has 0 saturated carbocycles. The summed E-state index contributed by atoms with van der Waals surface area (Å²) in [5.74, 6) is 0.908. The predicted octanol–water partition coefficient (Wildman–Crippen LogP) is 3.02. The van der Waals surface area contributed by atoms with Crippen molar-refractivity contribution >= 4 is 23.2 Å². The van der Waals surface area contributed by atoms with E-state index in [1.54, 1.807) is 0 Å². The zero-order valence-corrected chi connectivity index (χ0v) is 22.7. The van der Waals surface area contributed by atoms with Gasteiger partial charge in [-0.25, -0.2) is 0 Å². The summed E-state index contributed by atoms with van der Waals surface area (Å²) in [5, 5.41) is 10.8. The molecule has 1 aromatic heterocycles. The van der Waals surface area contributed by atoms with E-state index in [0.29, 0.717) is 5.56 Å². The highest BCUT2D eigenvalue weighted by Gasteiger charge is 2.17. The molecule has 3 rings (SSSR count). The number of pyridine rings is 1. The molecule has 2 aromatic carbocycles. The van der Waals surface area contributed by atoms with Gasteiger partial charge < -0.3 is 17.0 Å². The molecular weight excluding hydrogens is 512 g/mol. The van der Waals surface area contributed by atoms with Crippen molar-refractivity contribution in [2.45, 2.75) is 57.9 Å². The third-order valence-electron chi connectivity index (χ3n) is 5.65. The number of rotatable bonds is 8. The summed E-state index contributed by atoms with van der Waals surface area (Å²) in [6.07, 6.45) is 4.78. The van der Waals surface area contributed by atoms with Crippen LogP contribution in [0.4, 0.5) is 5.69 Å². The molecule has 0 aliphatic rings. The molecule has 0 saturated heterocycles. The van der Waals surface area contributed by atoms with Crippen LogP contribution in [0.1, 0.15) is 53.4 Å². The number of ketones is 1. The normalized spacial score (nSPS) is 11.1. The Morgan fingerprint density at radius 3 is 2.06 bits per heavy atom. The zero-order valence-electron chi connectivity index (χ0n) is 20.3. The molecule has 5 nitrogen and oxygen atoms in total. The van der Waals surface area contributed by atoms with Crippen LogP contribution in [0.5, 0.6) is 0 Å². The van der Waals surface area contributed by atoms with Crippen LogP contribution in [0.2, 0.25) is 0 Å². The molecule has 0 aliphatic heterocycles. The predicted molar refractivity (Wildman–Crippen MR) is 133 cm³/mol. The lowest BCUT2D eigenvalue weighted by Crippen LogP contribution is -3.00. The van der Waals surface area contributed by atoms with E-state index in [9.17, 15) is 14.9 Å². The molecule has 0 amide bonds. The van der Waals surface area contributed by atoms with E-state index < -0.39 is 4.92 Å². The van der Waals surface area contributed by atoms with Gasteiger partial charge in [0.05, 0.1) is 4.92 Å². The minimum atomic E-state index is -0.469. The van der Waals surface area contributed by atoms with Gasteiger partial charge in [-0.1, -0.05) is 32.9 Å². The molecule has 34 heavy (non-hydrogen) atoms. The van der Waals surface area contributed by atoms with Gasteiger partial charge in [0.25, 0.3) is 5.69 Å². The number of nitro benzene ring substituents is 1. The first-order valence-electron chi connectivity index (χ1n) is 11.0. The average molecular weight is 544 g/mol. The van der Waals surface area contributed by atoms with Crippen molar-refractivity contribution in [2.24, 2.45) is 0 Å². The molecule has 0 spiro atoms. The number of hydrogen-bond donors (Lipinski definition) is 0. The lowest BCUT2D eigenvalue weighted by atomic mass is 9.85. The number of hydrogen-bond acceptors (Lipinski definition) is 4. The van der Waals surface area contributed by atoms with Crippen LogP contribution in [0.3, 0.4) is 0 Å². The quantitative estimate of drug-likeness (QED) is 0.144. The van der Waals surface area contributed by atoms with Crippen molar-refractivity contribution < 1.29 is 31.3 Å². The van der Waals surface area contributed by atoms with Gasteiger partial charge in [0.1, 0.15) is 0 Å². The number of carbonyl (C=O) groups is 1. The van der Waals surface area contributed by atoms with Gasteiger partial charge in [-0.3, -0.25) is 14.9 Å². The highest BCUT2D eigenvalue weighted by atomic mass is 79.9. The number of nitro groups is 1. The third kappa shape index (κ3) is 7.24. The summed E-state index contributed by atoms with van der Waals surface area (Å²) in [5.41, 5.74) is 5.87. The van der Waals surface area contributed by atoms with E-state index in [0.717, 1.165) is 12.2 Å². The summed E-state index contributed by atoms with van der Waals surface area (Å²) >= 11 is 1.89. The van der Waals surface area contributed by atoms with Crippen molar-refractivity contribution in [3.05, 3.63) is 98.9 Å². The number of Topliss-reactive ketones (excluding diaryl/α,β-unsaturated/α-hetero) is 1. The monoisotopic (exact) mass is 542 g/mol. The van der Waals surface area contributed by atoms with E-state index in [4.69, 9.17) is 0 Å². The van der Waals surface area contributed by atoms with Crippen molar-refractivity contribution in [1.29, 1.82) is 0 Å². The maximum Gasteiger partial charge on any atom is 0.269 e. The second-order valence-corrected chi connectivity index (χ2v) is 10.5. The molecule has 0 bridgehead atoms. The van der Waals surface area contributed by atoms with E-state index >= 15 is 0 Å². The van der Waals surface area contributed by atoms with Gasteiger partial charge >= 0.3 is 0 Å². The smallest absolute Gasteiger partial charge is 0.269 e. The van der Waals surface area contributed by atoms with Gasteiger partial charge in [0.2, 0.25) is 12.3 Å². The van der Waals surface area contributed by atoms with E-state index in [1.165, 1.54) is 51.4 Å². The summed E-state index contributed by atoms with van der Waals surface area (Å²) in [6.45, 7) is 11.3. The van der Waals surface area contributed by atoms with E-state index in [1.807, 2.05) is 40.9 Å². The fourth-order valence-electron chi connectivity index (χ4n) is 3.67. The van der Waals surface area contributed by atoms with Crippen LogP contribution >= 0.6 is 11.8 Å². The van der Waals surface area contributed by atoms with Gasteiger partial charge in [-0.2, -0.15) is 4.57 Å². The number of nitrogens with zero attached hydrogens (tertiary/aromatic N) is 2. The topological polar surface area (TPSA) is 64.1 Å². The van der Waals surface area contributed by atoms with Crippen LogP contribution in [0, 0.1) is 24.0 Å². The molecule has 0 radical (unpaired) electrons. The number of aromatic nitrogens is 1. The largest absolute Gasteiger partial charge is 1.00 e. The standard InChI is InChI=1S/C27H31N2O3S.BrH/c1-19-16-23(27(3,4)5)17-20(2)26(19)33-15-12-21-10-13-28(14-11-21)18-25(30)22-6-8-24(9-7-22)29(31)32;/h6-11,13-14,16-17H,12,15,18H2,1-5H3;1H/q+1;/p-1. The minimum absolute atomic E-state index is 0. The lowest BCUT2D eigenvalue weighted by molar-refractivity contribution is -0.683. The Morgan fingerprint density at radius 1 is 1.00 bits per heavy atom. The van der Waals surface area contributed by atoms with Gasteiger partial charge in [0, 0.05) is 40.5 Å². The first-order valence-corrected chi connectivity index (χ1v) is 12.0. The Kier molecular flexibility index (Phi) is 9.59. The van der Waals surface area contributed by atoms with E-state index in [2.05, 4.69) is 46.8 Å². The van der Waals surface area contributed by atoms with Crippen molar-refractivity contribution in [3.63, 3.8) is 0 Å². The minimum Gasteiger partial charge on any atom is -1.00 e. The Morgan fingerprint density at radius 2 is 1.56 bits per heavy atom. The van der Waals surface area contributed by atoms with Crippen LogP contribution < -0.4 is 21.5 Å². The molecule has 0 N–H and O–H groups in total. The number of aryl methyl sites for hydroxylation is 3. The van der Waals surface area contributed by atoms with Crippen molar-refractivity contribution in [3.8, 4) is 0 Å². The number of carbonyl (C=O) groups excluding carboxylic acids is 1. The number of halogens is 1. The Labute approximate surface area is 216 Å². The second kappa shape index (κ2) is 11.8. The Bertz CT molecular complexity index is 1130. The molecular formula is C27H31BrN2O3S. The molecule has 7 heteroatoms. The molecule has 0 unspecified atom stereocenters. The number of thioether (sulfide) groups is 1. The maximum absolute atomic E-state index is 12.5.